The summed E-state index contributed by atoms with van der Waals surface area (Å²) in [6, 6.07) is 9.13. The number of hydrogen-bond donors (Lipinski definition) is 2. The van der Waals surface area contributed by atoms with Gasteiger partial charge >= 0.3 is 5.97 Å². The normalized spacial score (nSPS) is 10.2. The molecule has 5 nitrogen and oxygen atoms in total. The van der Waals surface area contributed by atoms with Crippen molar-refractivity contribution in [2.75, 3.05) is 19.5 Å². The number of rotatable bonds is 4. The lowest BCUT2D eigenvalue weighted by Gasteiger charge is -2.11. The number of methoxy groups -OCH3 is 1. The number of anilines is 1. The highest BCUT2D eigenvalue weighted by molar-refractivity contribution is 5.94. The minimum atomic E-state index is -0.998. The van der Waals surface area contributed by atoms with Crippen molar-refractivity contribution in [1.29, 1.82) is 0 Å². The lowest BCUT2D eigenvalue weighted by atomic mass is 10.0. The molecule has 5 heteroatoms. The molecule has 0 unspecified atom stereocenters. The molecule has 20 heavy (non-hydrogen) atoms. The number of carbonyl (C=O) groups is 1. The maximum atomic E-state index is 11.2. The third-order valence-electron chi connectivity index (χ3n) is 3.02. The predicted octanol–water partition coefficient (Wildman–Crippen LogP) is 2.81. The summed E-state index contributed by atoms with van der Waals surface area (Å²) in [5, 5.41) is 12.0. The molecule has 0 fully saturated rings. The van der Waals surface area contributed by atoms with Crippen LogP contribution in [0.3, 0.4) is 0 Å². The summed E-state index contributed by atoms with van der Waals surface area (Å²) in [5.74, 6) is 0.0834. The second kappa shape index (κ2) is 5.61. The lowest BCUT2D eigenvalue weighted by Crippen LogP contribution is -2.07. The summed E-state index contributed by atoms with van der Waals surface area (Å²) < 4.78 is 5.20. The molecule has 0 amide bonds. The van der Waals surface area contributed by atoms with E-state index in [0.29, 0.717) is 5.82 Å². The molecule has 1 aromatic carbocycles. The molecule has 104 valence electrons. The summed E-state index contributed by atoms with van der Waals surface area (Å²) in [7, 11) is 3.26. The van der Waals surface area contributed by atoms with Gasteiger partial charge in [0.25, 0.3) is 0 Å². The van der Waals surface area contributed by atoms with Gasteiger partial charge in [0, 0.05) is 12.6 Å². The molecule has 1 aromatic heterocycles. The first-order chi connectivity index (χ1) is 9.56. The topological polar surface area (TPSA) is 71.5 Å². The molecule has 0 saturated carbocycles. The van der Waals surface area contributed by atoms with E-state index in [-0.39, 0.29) is 5.56 Å². The fourth-order valence-electron chi connectivity index (χ4n) is 2.03. The van der Waals surface area contributed by atoms with Gasteiger partial charge in [-0.3, -0.25) is 0 Å². The predicted molar refractivity (Wildman–Crippen MR) is 77.5 cm³/mol. The smallest absolute Gasteiger partial charge is 0.339 e. The van der Waals surface area contributed by atoms with E-state index >= 15 is 0 Å². The summed E-state index contributed by atoms with van der Waals surface area (Å²) in [4.78, 5) is 15.6. The molecule has 2 rings (SSSR count). The van der Waals surface area contributed by atoms with Crippen molar-refractivity contribution in [2.24, 2.45) is 0 Å². The van der Waals surface area contributed by atoms with Gasteiger partial charge in [0.1, 0.15) is 17.1 Å². The highest BCUT2D eigenvalue weighted by Gasteiger charge is 2.15. The van der Waals surface area contributed by atoms with Crippen LogP contribution < -0.4 is 10.1 Å². The molecular formula is C15H16N2O3. The molecule has 0 radical (unpaired) electrons. The SMILES string of the molecule is CNc1nc(-c2cccc(OC)c2)c(C)cc1C(=O)O. The van der Waals surface area contributed by atoms with E-state index < -0.39 is 5.97 Å². The number of aromatic nitrogens is 1. The minimum Gasteiger partial charge on any atom is -0.497 e. The van der Waals surface area contributed by atoms with Crippen LogP contribution in [-0.2, 0) is 0 Å². The lowest BCUT2D eigenvalue weighted by molar-refractivity contribution is 0.0697. The minimum absolute atomic E-state index is 0.164. The average Bonchev–Trinajstić information content (AvgIpc) is 2.46. The first-order valence-corrected chi connectivity index (χ1v) is 6.14. The van der Waals surface area contributed by atoms with Gasteiger partial charge in [-0.1, -0.05) is 12.1 Å². The highest BCUT2D eigenvalue weighted by atomic mass is 16.5. The molecule has 0 spiro atoms. The molecule has 0 aliphatic rings. The molecule has 0 saturated heterocycles. The Labute approximate surface area is 117 Å². The summed E-state index contributed by atoms with van der Waals surface area (Å²) in [5.41, 5.74) is 2.58. The third kappa shape index (κ3) is 2.56. The van der Waals surface area contributed by atoms with Crippen LogP contribution in [0.15, 0.2) is 30.3 Å². The number of nitrogens with one attached hydrogen (secondary N) is 1. The Kier molecular flexibility index (Phi) is 3.89. The van der Waals surface area contributed by atoms with Crippen LogP contribution in [0.4, 0.5) is 5.82 Å². The van der Waals surface area contributed by atoms with Gasteiger partial charge in [0.2, 0.25) is 0 Å². The summed E-state index contributed by atoms with van der Waals surface area (Å²) in [6.45, 7) is 1.84. The number of carboxylic acids is 1. The standard InChI is InChI=1S/C15H16N2O3/c1-9-7-12(15(18)19)14(16-2)17-13(9)10-5-4-6-11(8-10)20-3/h4-8H,1-3H3,(H,16,17)(H,18,19). The van der Waals surface area contributed by atoms with E-state index in [1.54, 1.807) is 20.2 Å². The number of hydrogen-bond acceptors (Lipinski definition) is 4. The van der Waals surface area contributed by atoms with Crippen LogP contribution >= 0.6 is 0 Å². The van der Waals surface area contributed by atoms with E-state index in [2.05, 4.69) is 10.3 Å². The zero-order valence-electron chi connectivity index (χ0n) is 11.6. The van der Waals surface area contributed by atoms with Crippen LogP contribution in [0.25, 0.3) is 11.3 Å². The molecular weight excluding hydrogens is 256 g/mol. The van der Waals surface area contributed by atoms with Gasteiger partial charge in [0.15, 0.2) is 0 Å². The summed E-state index contributed by atoms with van der Waals surface area (Å²) >= 11 is 0. The van der Waals surface area contributed by atoms with Gasteiger partial charge < -0.3 is 15.2 Å². The first kappa shape index (κ1) is 13.9. The van der Waals surface area contributed by atoms with E-state index in [9.17, 15) is 4.79 Å². The van der Waals surface area contributed by atoms with Crippen LogP contribution in [-0.4, -0.2) is 30.2 Å². The van der Waals surface area contributed by atoms with Gasteiger partial charge in [0.05, 0.1) is 12.8 Å². The molecule has 2 aromatic rings. The number of nitrogens with zero attached hydrogens (tertiary/aromatic N) is 1. The van der Waals surface area contributed by atoms with E-state index in [4.69, 9.17) is 9.84 Å². The molecule has 1 heterocycles. The van der Waals surface area contributed by atoms with Crippen molar-refractivity contribution in [2.45, 2.75) is 6.92 Å². The fraction of sp³-hybridized carbons (Fsp3) is 0.200. The Bertz CT molecular complexity index is 654. The van der Waals surface area contributed by atoms with Gasteiger partial charge in [-0.2, -0.15) is 0 Å². The van der Waals surface area contributed by atoms with Crippen molar-refractivity contribution in [3.05, 3.63) is 41.5 Å². The molecule has 0 bridgehead atoms. The number of aromatic carboxylic acids is 1. The molecule has 0 aliphatic carbocycles. The summed E-state index contributed by atoms with van der Waals surface area (Å²) in [6.07, 6.45) is 0. The van der Waals surface area contributed by atoms with Gasteiger partial charge in [-0.05, 0) is 30.7 Å². The number of aryl methyl sites for hydroxylation is 1. The van der Waals surface area contributed by atoms with Gasteiger partial charge in [-0.15, -0.1) is 0 Å². The number of pyridine rings is 1. The number of benzene rings is 1. The zero-order chi connectivity index (χ0) is 14.7. The van der Waals surface area contributed by atoms with Crippen LogP contribution in [0.2, 0.25) is 0 Å². The fourth-order valence-corrected chi connectivity index (χ4v) is 2.03. The highest BCUT2D eigenvalue weighted by Crippen LogP contribution is 2.28. The maximum absolute atomic E-state index is 11.2. The molecule has 0 atom stereocenters. The monoisotopic (exact) mass is 272 g/mol. The average molecular weight is 272 g/mol. The first-order valence-electron chi connectivity index (χ1n) is 6.14. The van der Waals surface area contributed by atoms with Crippen LogP contribution in [0, 0.1) is 6.92 Å². The van der Waals surface area contributed by atoms with Crippen molar-refractivity contribution in [3.8, 4) is 17.0 Å². The molecule has 2 N–H and O–H groups in total. The van der Waals surface area contributed by atoms with Crippen molar-refractivity contribution < 1.29 is 14.6 Å². The van der Waals surface area contributed by atoms with Crippen molar-refractivity contribution in [1.82, 2.24) is 4.98 Å². The van der Waals surface area contributed by atoms with E-state index in [1.807, 2.05) is 31.2 Å². The molecule has 0 aliphatic heterocycles. The second-order valence-electron chi connectivity index (χ2n) is 4.34. The third-order valence-corrected chi connectivity index (χ3v) is 3.02. The van der Waals surface area contributed by atoms with Gasteiger partial charge in [-0.25, -0.2) is 9.78 Å². The Balaban J connectivity index is 2.59. The van der Waals surface area contributed by atoms with E-state index in [0.717, 1.165) is 22.6 Å². The van der Waals surface area contributed by atoms with Crippen molar-refractivity contribution >= 4 is 11.8 Å². The van der Waals surface area contributed by atoms with E-state index in [1.165, 1.54) is 0 Å². The Morgan fingerprint density at radius 3 is 2.70 bits per heavy atom. The number of ether oxygens (including phenoxy) is 1. The Morgan fingerprint density at radius 2 is 2.10 bits per heavy atom. The maximum Gasteiger partial charge on any atom is 0.339 e. The number of carboxylic acid groups (broad SMARTS) is 1. The Morgan fingerprint density at radius 1 is 1.35 bits per heavy atom. The Hall–Kier alpha value is -2.56. The van der Waals surface area contributed by atoms with Crippen LogP contribution in [0.1, 0.15) is 15.9 Å². The zero-order valence-corrected chi connectivity index (χ0v) is 11.6. The largest absolute Gasteiger partial charge is 0.497 e. The second-order valence-corrected chi connectivity index (χ2v) is 4.34. The van der Waals surface area contributed by atoms with Crippen LogP contribution in [0.5, 0.6) is 5.75 Å². The quantitative estimate of drug-likeness (QED) is 0.895. The van der Waals surface area contributed by atoms with Crippen molar-refractivity contribution in [3.63, 3.8) is 0 Å².